The molecule has 0 heterocycles. The molecule has 19 heavy (non-hydrogen) atoms. The van der Waals surface area contributed by atoms with Gasteiger partial charge in [0.25, 0.3) is 0 Å². The Morgan fingerprint density at radius 3 is 2.63 bits per heavy atom. The number of carbonyl (C=O) groups is 1. The summed E-state index contributed by atoms with van der Waals surface area (Å²) in [6.07, 6.45) is -1.24. The summed E-state index contributed by atoms with van der Waals surface area (Å²) in [6, 6.07) is 12.0. The third-order valence-corrected chi connectivity index (χ3v) is 3.19. The van der Waals surface area contributed by atoms with Crippen molar-refractivity contribution >= 4 is 16.9 Å². The van der Waals surface area contributed by atoms with Crippen molar-refractivity contribution in [2.24, 2.45) is 0 Å². The van der Waals surface area contributed by atoms with Crippen LogP contribution in [-0.2, 0) is 0 Å². The van der Waals surface area contributed by atoms with Crippen LogP contribution in [0.3, 0.4) is 0 Å². The molecule has 4 nitrogen and oxygen atoms in total. The van der Waals surface area contributed by atoms with Gasteiger partial charge in [0, 0.05) is 6.54 Å². The molecule has 0 aliphatic rings. The fourth-order valence-electron chi connectivity index (χ4n) is 2.03. The van der Waals surface area contributed by atoms with Gasteiger partial charge in [0.15, 0.2) is 0 Å². The molecule has 0 radical (unpaired) electrons. The topological polar surface area (TPSA) is 61.4 Å². The first-order valence-corrected chi connectivity index (χ1v) is 6.12. The lowest BCUT2D eigenvalue weighted by atomic mass is 9.97. The number of ether oxygens (including phenoxy) is 1. The van der Waals surface area contributed by atoms with Crippen LogP contribution in [0.25, 0.3) is 10.8 Å². The molecule has 100 valence electrons. The summed E-state index contributed by atoms with van der Waals surface area (Å²) in [4.78, 5) is 10.4. The molecule has 0 unspecified atom stereocenters. The molecule has 0 fully saturated rings. The maximum absolute atomic E-state index is 10.4. The highest BCUT2D eigenvalue weighted by atomic mass is 16.5. The molecule has 2 rings (SSSR count). The molecule has 1 N–H and O–H groups in total. The van der Waals surface area contributed by atoms with Gasteiger partial charge in [-0.2, -0.15) is 0 Å². The van der Waals surface area contributed by atoms with E-state index in [2.05, 4.69) is 11.4 Å². The van der Waals surface area contributed by atoms with Gasteiger partial charge in [-0.1, -0.05) is 31.2 Å². The minimum absolute atomic E-state index is 0.101. The maximum Gasteiger partial charge on any atom is 0.134 e. The fourth-order valence-corrected chi connectivity index (χ4v) is 2.03. The molecule has 4 heteroatoms. The summed E-state index contributed by atoms with van der Waals surface area (Å²) < 4.78 is 5.18. The van der Waals surface area contributed by atoms with Crippen LogP contribution < -0.4 is 15.2 Å². The van der Waals surface area contributed by atoms with Gasteiger partial charge < -0.3 is 20.0 Å². The first kappa shape index (κ1) is 13.2. The van der Waals surface area contributed by atoms with E-state index in [1.807, 2.05) is 37.3 Å². The molecule has 2 aromatic carbocycles. The van der Waals surface area contributed by atoms with Gasteiger partial charge in [0.2, 0.25) is 0 Å². The zero-order valence-corrected chi connectivity index (χ0v) is 11.0. The number of benzene rings is 2. The molecule has 2 aromatic rings. The van der Waals surface area contributed by atoms with Crippen molar-refractivity contribution in [3.05, 3.63) is 42.0 Å². The van der Waals surface area contributed by atoms with E-state index in [-0.39, 0.29) is 5.92 Å². The average Bonchev–Trinajstić information content (AvgIpc) is 2.43. The Bertz CT molecular complexity index is 595. The highest BCUT2D eigenvalue weighted by molar-refractivity contribution is 5.84. The maximum atomic E-state index is 10.4. The smallest absolute Gasteiger partial charge is 0.134 e. The van der Waals surface area contributed by atoms with Gasteiger partial charge in [-0.3, -0.25) is 0 Å². The quantitative estimate of drug-likeness (QED) is 0.910. The van der Waals surface area contributed by atoms with E-state index in [9.17, 15) is 9.90 Å². The second kappa shape index (κ2) is 5.61. The van der Waals surface area contributed by atoms with Crippen molar-refractivity contribution < 1.29 is 14.6 Å². The Morgan fingerprint density at radius 2 is 1.95 bits per heavy atom. The van der Waals surface area contributed by atoms with Crippen molar-refractivity contribution in [3.63, 3.8) is 0 Å². The summed E-state index contributed by atoms with van der Waals surface area (Å²) >= 11 is 0. The molecule has 1 atom stereocenters. The Morgan fingerprint density at radius 1 is 1.26 bits per heavy atom. The number of rotatable bonds is 4. The molecule has 0 aliphatic carbocycles. The van der Waals surface area contributed by atoms with Crippen LogP contribution in [0.4, 0.5) is 4.79 Å². The third-order valence-electron chi connectivity index (χ3n) is 3.19. The van der Waals surface area contributed by atoms with Gasteiger partial charge in [-0.15, -0.1) is 0 Å². The largest absolute Gasteiger partial charge is 0.530 e. The molecule has 0 spiro atoms. The van der Waals surface area contributed by atoms with Crippen molar-refractivity contribution in [3.8, 4) is 5.75 Å². The summed E-state index contributed by atoms with van der Waals surface area (Å²) in [5.41, 5.74) is 1.09. The van der Waals surface area contributed by atoms with E-state index in [0.29, 0.717) is 6.54 Å². The van der Waals surface area contributed by atoms with Gasteiger partial charge >= 0.3 is 0 Å². The van der Waals surface area contributed by atoms with Gasteiger partial charge in [-0.05, 0) is 34.4 Å². The lowest BCUT2D eigenvalue weighted by Gasteiger charge is -2.15. The minimum atomic E-state index is -1.24. The van der Waals surface area contributed by atoms with Crippen LogP contribution in [0.1, 0.15) is 18.4 Å². The highest BCUT2D eigenvalue weighted by Crippen LogP contribution is 2.24. The van der Waals surface area contributed by atoms with Gasteiger partial charge in [0.1, 0.15) is 11.8 Å². The van der Waals surface area contributed by atoms with E-state index in [0.717, 1.165) is 22.1 Å². The van der Waals surface area contributed by atoms with E-state index in [1.54, 1.807) is 7.11 Å². The second-order valence-electron chi connectivity index (χ2n) is 4.54. The summed E-state index contributed by atoms with van der Waals surface area (Å²) in [7, 11) is 1.64. The monoisotopic (exact) mass is 258 g/mol. The molecular weight excluding hydrogens is 242 g/mol. The van der Waals surface area contributed by atoms with Crippen LogP contribution in [0.5, 0.6) is 5.75 Å². The van der Waals surface area contributed by atoms with E-state index in [1.165, 1.54) is 0 Å². The van der Waals surface area contributed by atoms with Crippen molar-refractivity contribution in [1.29, 1.82) is 0 Å². The Balaban J connectivity index is 2.23. The van der Waals surface area contributed by atoms with E-state index in [4.69, 9.17) is 4.74 Å². The first-order chi connectivity index (χ1) is 9.10. The summed E-state index contributed by atoms with van der Waals surface area (Å²) in [5.74, 6) is 0.927. The van der Waals surface area contributed by atoms with Crippen molar-refractivity contribution in [2.45, 2.75) is 12.8 Å². The first-order valence-electron chi connectivity index (χ1n) is 6.12. The van der Waals surface area contributed by atoms with Crippen molar-refractivity contribution in [1.82, 2.24) is 5.32 Å². The predicted octanol–water partition coefficient (Wildman–Crippen LogP) is 1.88. The number of fused-ring (bicyclic) bond motifs is 1. The Labute approximate surface area is 112 Å². The van der Waals surface area contributed by atoms with Gasteiger partial charge in [0.05, 0.1) is 7.11 Å². The number of carbonyl (C=O) groups excluding carboxylic acids is 1. The molecular formula is C15H16NO3-. The number of nitrogens with one attached hydrogen (secondary N) is 1. The summed E-state index contributed by atoms with van der Waals surface area (Å²) in [6.45, 7) is 2.32. The fraction of sp³-hybridized carbons (Fsp3) is 0.267. The van der Waals surface area contributed by atoms with Crippen LogP contribution >= 0.6 is 0 Å². The molecule has 1 amide bonds. The number of amides is 1. The zero-order chi connectivity index (χ0) is 13.8. The molecule has 0 aliphatic heterocycles. The lowest BCUT2D eigenvalue weighted by Crippen LogP contribution is -2.38. The van der Waals surface area contributed by atoms with Crippen molar-refractivity contribution in [2.75, 3.05) is 13.7 Å². The van der Waals surface area contributed by atoms with Crippen LogP contribution in [0.15, 0.2) is 36.4 Å². The number of hydrogen-bond donors (Lipinski definition) is 1. The summed E-state index contributed by atoms with van der Waals surface area (Å²) in [5, 5.41) is 14.9. The molecule has 0 saturated carbocycles. The van der Waals surface area contributed by atoms with E-state index < -0.39 is 6.09 Å². The van der Waals surface area contributed by atoms with E-state index >= 15 is 0 Å². The minimum Gasteiger partial charge on any atom is -0.530 e. The number of carboxylic acid groups (broad SMARTS) is 1. The lowest BCUT2D eigenvalue weighted by molar-refractivity contribution is -0.250. The molecule has 0 aromatic heterocycles. The zero-order valence-electron chi connectivity index (χ0n) is 11.0. The highest BCUT2D eigenvalue weighted by Gasteiger charge is 2.06. The average molecular weight is 258 g/mol. The standard InChI is InChI=1S/C15H17NO3/c1-10(9-16-15(17)18)11-3-4-13-8-14(19-2)6-5-12(13)7-11/h3-8,10,16H,9H2,1-2H3,(H,17,18)/p-1/t10-/m1/s1. The van der Waals surface area contributed by atoms with Crippen LogP contribution in [0, 0.1) is 0 Å². The number of hydrogen-bond acceptors (Lipinski definition) is 3. The molecule has 0 saturated heterocycles. The predicted molar refractivity (Wildman–Crippen MR) is 72.3 cm³/mol. The van der Waals surface area contributed by atoms with Crippen LogP contribution in [-0.4, -0.2) is 19.7 Å². The second-order valence-corrected chi connectivity index (χ2v) is 4.54. The third kappa shape index (κ3) is 3.16. The van der Waals surface area contributed by atoms with Crippen LogP contribution in [0.2, 0.25) is 0 Å². The van der Waals surface area contributed by atoms with Gasteiger partial charge in [-0.25, -0.2) is 0 Å². The SMILES string of the molecule is COc1ccc2cc([C@H](C)CNC(=O)[O-])ccc2c1. The number of methoxy groups -OCH3 is 1. The Kier molecular flexibility index (Phi) is 3.90. The normalized spacial score (nSPS) is 12.1. The molecule has 0 bridgehead atoms. The Hall–Kier alpha value is -2.23.